The van der Waals surface area contributed by atoms with E-state index in [0.29, 0.717) is 17.3 Å². The van der Waals surface area contributed by atoms with Crippen molar-refractivity contribution in [2.45, 2.75) is 38.0 Å². The van der Waals surface area contributed by atoms with Gasteiger partial charge in [-0.1, -0.05) is 19.3 Å². The van der Waals surface area contributed by atoms with Crippen molar-refractivity contribution < 1.29 is 9.53 Å². The number of pyridine rings is 1. The molecule has 1 aliphatic heterocycles. The third-order valence-electron chi connectivity index (χ3n) is 5.46. The maximum absolute atomic E-state index is 12.8. The highest BCUT2D eigenvalue weighted by atomic mass is 16.5. The molecule has 0 aromatic carbocycles. The number of nitrogens with one attached hydrogen (secondary N) is 1. The summed E-state index contributed by atoms with van der Waals surface area (Å²) in [6.07, 6.45) is 9.57. The molecule has 0 atom stereocenters. The molecule has 2 aromatic rings. The van der Waals surface area contributed by atoms with Crippen molar-refractivity contribution in [3.05, 3.63) is 35.8 Å². The lowest BCUT2D eigenvalue weighted by Crippen LogP contribution is -2.36. The largest absolute Gasteiger partial charge is 0.378 e. The molecular formula is C20H27N5O2. The highest BCUT2D eigenvalue weighted by Crippen LogP contribution is 2.33. The lowest BCUT2D eigenvalue weighted by Gasteiger charge is -2.28. The minimum absolute atomic E-state index is 0.129. The van der Waals surface area contributed by atoms with E-state index in [4.69, 9.17) is 4.74 Å². The van der Waals surface area contributed by atoms with Crippen LogP contribution in [0.1, 0.15) is 54.1 Å². The molecule has 2 aliphatic rings. The fourth-order valence-electron chi connectivity index (χ4n) is 4.01. The van der Waals surface area contributed by atoms with Gasteiger partial charge in [0.1, 0.15) is 5.82 Å². The maximum atomic E-state index is 12.8. The monoisotopic (exact) mass is 369 g/mol. The lowest BCUT2D eigenvalue weighted by atomic mass is 9.85. The number of nitrogens with zero attached hydrogens (tertiary/aromatic N) is 4. The van der Waals surface area contributed by atoms with Gasteiger partial charge in [0.25, 0.3) is 5.91 Å². The second kappa shape index (κ2) is 8.08. The van der Waals surface area contributed by atoms with Crippen LogP contribution in [-0.2, 0) is 11.8 Å². The SMILES string of the molecule is Cn1cc(C(=O)Nc2ccc(N3CCOCC3)cn2)c(C2CCCCC2)n1. The Balaban J connectivity index is 1.46. The number of anilines is 2. The van der Waals surface area contributed by atoms with Crippen molar-refractivity contribution >= 4 is 17.4 Å². The van der Waals surface area contributed by atoms with Crippen molar-refractivity contribution in [3.63, 3.8) is 0 Å². The van der Waals surface area contributed by atoms with Gasteiger partial charge in [0.2, 0.25) is 0 Å². The molecule has 1 saturated heterocycles. The van der Waals surface area contributed by atoms with Crippen LogP contribution in [0.15, 0.2) is 24.5 Å². The van der Waals surface area contributed by atoms with E-state index in [9.17, 15) is 4.79 Å². The van der Waals surface area contributed by atoms with Crippen LogP contribution >= 0.6 is 0 Å². The van der Waals surface area contributed by atoms with Gasteiger partial charge in [-0.2, -0.15) is 5.10 Å². The summed E-state index contributed by atoms with van der Waals surface area (Å²) in [6, 6.07) is 3.86. The fourth-order valence-corrected chi connectivity index (χ4v) is 4.01. The molecule has 7 heteroatoms. The smallest absolute Gasteiger partial charge is 0.260 e. The van der Waals surface area contributed by atoms with E-state index in [2.05, 4.69) is 20.3 Å². The molecule has 0 spiro atoms. The second-order valence-electron chi connectivity index (χ2n) is 7.39. The molecule has 2 fully saturated rings. The van der Waals surface area contributed by atoms with Crippen LogP contribution in [-0.4, -0.2) is 47.0 Å². The molecule has 0 bridgehead atoms. The van der Waals surface area contributed by atoms with Crippen LogP contribution in [0.5, 0.6) is 0 Å². The van der Waals surface area contributed by atoms with Crippen LogP contribution in [0.25, 0.3) is 0 Å². The van der Waals surface area contributed by atoms with E-state index in [-0.39, 0.29) is 5.91 Å². The predicted molar refractivity (Wildman–Crippen MR) is 104 cm³/mol. The molecule has 0 radical (unpaired) electrons. The Bertz CT molecular complexity index is 774. The molecule has 7 nitrogen and oxygen atoms in total. The minimum atomic E-state index is -0.129. The first-order valence-corrected chi connectivity index (χ1v) is 9.84. The van der Waals surface area contributed by atoms with Gasteiger partial charge in [0, 0.05) is 32.3 Å². The van der Waals surface area contributed by atoms with E-state index in [1.54, 1.807) is 4.68 Å². The highest BCUT2D eigenvalue weighted by molar-refractivity contribution is 6.04. The molecule has 4 rings (SSSR count). The number of aryl methyl sites for hydroxylation is 1. The van der Waals surface area contributed by atoms with Crippen LogP contribution in [0, 0.1) is 0 Å². The van der Waals surface area contributed by atoms with Gasteiger partial charge in [-0.25, -0.2) is 4.98 Å². The first-order chi connectivity index (χ1) is 13.2. The minimum Gasteiger partial charge on any atom is -0.378 e. The van der Waals surface area contributed by atoms with Gasteiger partial charge in [0.15, 0.2) is 0 Å². The van der Waals surface area contributed by atoms with Crippen molar-refractivity contribution in [2.75, 3.05) is 36.5 Å². The number of ether oxygens (including phenoxy) is 1. The molecule has 0 unspecified atom stereocenters. The number of hydrogen-bond acceptors (Lipinski definition) is 5. The fraction of sp³-hybridized carbons (Fsp3) is 0.550. The zero-order valence-corrected chi connectivity index (χ0v) is 15.9. The van der Waals surface area contributed by atoms with Gasteiger partial charge < -0.3 is 15.0 Å². The molecule has 1 N–H and O–H groups in total. The Morgan fingerprint density at radius 2 is 1.96 bits per heavy atom. The Morgan fingerprint density at radius 1 is 1.19 bits per heavy atom. The summed E-state index contributed by atoms with van der Waals surface area (Å²) in [4.78, 5) is 19.5. The van der Waals surface area contributed by atoms with E-state index in [1.807, 2.05) is 31.6 Å². The average molecular weight is 369 g/mol. The van der Waals surface area contributed by atoms with Crippen molar-refractivity contribution in [2.24, 2.45) is 7.05 Å². The highest BCUT2D eigenvalue weighted by Gasteiger charge is 2.25. The summed E-state index contributed by atoms with van der Waals surface area (Å²) in [5.41, 5.74) is 2.66. The number of aromatic nitrogens is 3. The zero-order chi connectivity index (χ0) is 18.6. The summed E-state index contributed by atoms with van der Waals surface area (Å²) >= 11 is 0. The molecule has 144 valence electrons. The van der Waals surface area contributed by atoms with Crippen molar-refractivity contribution in [1.29, 1.82) is 0 Å². The lowest BCUT2D eigenvalue weighted by molar-refractivity contribution is 0.102. The third-order valence-corrected chi connectivity index (χ3v) is 5.46. The normalized spacial score (nSPS) is 18.5. The molecule has 27 heavy (non-hydrogen) atoms. The Hall–Kier alpha value is -2.41. The summed E-state index contributed by atoms with van der Waals surface area (Å²) in [5, 5.41) is 7.52. The maximum Gasteiger partial charge on any atom is 0.260 e. The number of carbonyl (C=O) groups is 1. The quantitative estimate of drug-likeness (QED) is 0.897. The van der Waals surface area contributed by atoms with Crippen LogP contribution in [0.4, 0.5) is 11.5 Å². The molecule has 2 aromatic heterocycles. The number of carbonyl (C=O) groups excluding carboxylic acids is 1. The Labute approximate surface area is 159 Å². The summed E-state index contributed by atoms with van der Waals surface area (Å²) in [5.74, 6) is 0.822. The first-order valence-electron chi connectivity index (χ1n) is 9.84. The molecular weight excluding hydrogens is 342 g/mol. The molecule has 1 amide bonds. The van der Waals surface area contributed by atoms with E-state index in [0.717, 1.165) is 50.5 Å². The summed E-state index contributed by atoms with van der Waals surface area (Å²) in [6.45, 7) is 3.22. The number of morpholine rings is 1. The number of rotatable bonds is 4. The number of amides is 1. The molecule has 3 heterocycles. The topological polar surface area (TPSA) is 72.3 Å². The van der Waals surface area contributed by atoms with Crippen LogP contribution in [0.2, 0.25) is 0 Å². The van der Waals surface area contributed by atoms with Gasteiger partial charge in [-0.3, -0.25) is 9.48 Å². The van der Waals surface area contributed by atoms with Gasteiger partial charge >= 0.3 is 0 Å². The van der Waals surface area contributed by atoms with E-state index < -0.39 is 0 Å². The van der Waals surface area contributed by atoms with Crippen LogP contribution < -0.4 is 10.2 Å². The molecule has 1 aliphatic carbocycles. The Morgan fingerprint density at radius 3 is 2.67 bits per heavy atom. The van der Waals surface area contributed by atoms with E-state index >= 15 is 0 Å². The van der Waals surface area contributed by atoms with Gasteiger partial charge in [-0.15, -0.1) is 0 Å². The van der Waals surface area contributed by atoms with Crippen molar-refractivity contribution in [1.82, 2.24) is 14.8 Å². The van der Waals surface area contributed by atoms with Crippen LogP contribution in [0.3, 0.4) is 0 Å². The molecule has 1 saturated carbocycles. The van der Waals surface area contributed by atoms with Gasteiger partial charge in [0.05, 0.1) is 36.4 Å². The zero-order valence-electron chi connectivity index (χ0n) is 15.9. The third kappa shape index (κ3) is 4.13. The van der Waals surface area contributed by atoms with E-state index in [1.165, 1.54) is 19.3 Å². The second-order valence-corrected chi connectivity index (χ2v) is 7.39. The number of hydrogen-bond donors (Lipinski definition) is 1. The van der Waals surface area contributed by atoms with Gasteiger partial charge in [-0.05, 0) is 25.0 Å². The standard InChI is InChI=1S/C20H27N5O2/c1-24-14-17(19(23-24)15-5-3-2-4-6-15)20(26)22-18-8-7-16(13-21-18)25-9-11-27-12-10-25/h7-8,13-15H,2-6,9-12H2,1H3,(H,21,22,26). The summed E-state index contributed by atoms with van der Waals surface area (Å²) < 4.78 is 7.13. The first kappa shape index (κ1) is 18.0. The predicted octanol–water partition coefficient (Wildman–Crippen LogP) is 2.95. The Kier molecular flexibility index (Phi) is 5.38. The average Bonchev–Trinajstić information content (AvgIpc) is 3.12. The van der Waals surface area contributed by atoms with Crippen molar-refractivity contribution in [3.8, 4) is 0 Å². The summed E-state index contributed by atoms with van der Waals surface area (Å²) in [7, 11) is 1.87.